The van der Waals surface area contributed by atoms with Gasteiger partial charge in [-0.05, 0) is 54.3 Å². The Kier molecular flexibility index (Phi) is 3.55. The second-order valence-corrected chi connectivity index (χ2v) is 5.51. The maximum Gasteiger partial charge on any atom is 0.255 e. The molecule has 2 N–H and O–H groups in total. The van der Waals surface area contributed by atoms with Crippen molar-refractivity contribution in [1.29, 1.82) is 0 Å². The van der Waals surface area contributed by atoms with E-state index in [2.05, 4.69) is 5.32 Å². The van der Waals surface area contributed by atoms with Crippen LogP contribution in [0.25, 0.3) is 0 Å². The summed E-state index contributed by atoms with van der Waals surface area (Å²) in [4.78, 5) is 12.2. The van der Waals surface area contributed by atoms with Crippen LogP contribution in [-0.2, 0) is 6.42 Å². The average Bonchev–Trinajstić information content (AvgIpc) is 2.83. The number of hydrogen-bond donors (Lipinski definition) is 2. The van der Waals surface area contributed by atoms with Gasteiger partial charge in [0.05, 0.1) is 11.6 Å². The smallest absolute Gasteiger partial charge is 0.255 e. The van der Waals surface area contributed by atoms with E-state index in [0.717, 1.165) is 36.1 Å². The summed E-state index contributed by atoms with van der Waals surface area (Å²) in [6, 6.07) is 8.73. The van der Waals surface area contributed by atoms with Gasteiger partial charge in [-0.2, -0.15) is 0 Å². The lowest BCUT2D eigenvalue weighted by molar-refractivity contribution is 0.0933. The van der Waals surface area contributed by atoms with Gasteiger partial charge in [-0.15, -0.1) is 0 Å². The molecule has 5 heteroatoms. The van der Waals surface area contributed by atoms with Crippen molar-refractivity contribution in [2.75, 3.05) is 0 Å². The van der Waals surface area contributed by atoms with Crippen LogP contribution >= 0.6 is 11.6 Å². The van der Waals surface area contributed by atoms with Crippen molar-refractivity contribution in [3.63, 3.8) is 0 Å². The highest BCUT2D eigenvalue weighted by Crippen LogP contribution is 2.33. The molecule has 3 nitrogen and oxygen atoms in total. The Morgan fingerprint density at radius 1 is 1.29 bits per heavy atom. The van der Waals surface area contributed by atoms with Gasteiger partial charge in [0.15, 0.2) is 0 Å². The Labute approximate surface area is 126 Å². The van der Waals surface area contributed by atoms with Gasteiger partial charge in [-0.1, -0.05) is 17.7 Å². The van der Waals surface area contributed by atoms with Crippen LogP contribution in [0.5, 0.6) is 5.75 Å². The molecule has 0 aromatic heterocycles. The number of phenols is 1. The van der Waals surface area contributed by atoms with Gasteiger partial charge in [0.1, 0.15) is 11.6 Å². The predicted molar refractivity (Wildman–Crippen MR) is 78.0 cm³/mol. The first kappa shape index (κ1) is 13.9. The van der Waals surface area contributed by atoms with Gasteiger partial charge >= 0.3 is 0 Å². The normalized spacial score (nSPS) is 16.6. The molecule has 0 fully saturated rings. The Bertz CT molecular complexity index is 717. The summed E-state index contributed by atoms with van der Waals surface area (Å²) in [7, 11) is 0. The first-order valence-electron chi connectivity index (χ1n) is 6.62. The number of nitrogens with one attached hydrogen (secondary N) is 1. The monoisotopic (exact) mass is 305 g/mol. The number of phenolic OH excluding ortho intramolecular Hbond substituents is 1. The minimum Gasteiger partial charge on any atom is -0.507 e. The molecule has 0 aliphatic heterocycles. The van der Waals surface area contributed by atoms with Gasteiger partial charge < -0.3 is 10.4 Å². The molecule has 0 heterocycles. The first-order valence-corrected chi connectivity index (χ1v) is 7.00. The Hall–Kier alpha value is -2.07. The van der Waals surface area contributed by atoms with Gasteiger partial charge in [-0.3, -0.25) is 4.79 Å². The van der Waals surface area contributed by atoms with E-state index in [0.29, 0.717) is 5.02 Å². The zero-order valence-corrected chi connectivity index (χ0v) is 11.8. The lowest BCUT2D eigenvalue weighted by Crippen LogP contribution is -2.27. The van der Waals surface area contributed by atoms with E-state index >= 15 is 0 Å². The van der Waals surface area contributed by atoms with Crippen molar-refractivity contribution in [3.8, 4) is 5.75 Å². The van der Waals surface area contributed by atoms with Crippen molar-refractivity contribution in [3.05, 3.63) is 63.9 Å². The second-order valence-electron chi connectivity index (χ2n) is 5.07. The predicted octanol–water partition coefficient (Wildman–Crippen LogP) is 3.60. The van der Waals surface area contributed by atoms with Crippen molar-refractivity contribution in [2.24, 2.45) is 0 Å². The Morgan fingerprint density at radius 3 is 2.90 bits per heavy atom. The van der Waals surface area contributed by atoms with E-state index in [9.17, 15) is 14.3 Å². The summed E-state index contributed by atoms with van der Waals surface area (Å²) >= 11 is 5.95. The van der Waals surface area contributed by atoms with E-state index < -0.39 is 11.7 Å². The molecule has 108 valence electrons. The largest absolute Gasteiger partial charge is 0.507 e. The molecule has 0 radical (unpaired) electrons. The van der Waals surface area contributed by atoms with Crippen LogP contribution in [-0.4, -0.2) is 11.0 Å². The number of amides is 1. The molecular formula is C16H13ClFNO2. The molecule has 2 aromatic rings. The van der Waals surface area contributed by atoms with Crippen LogP contribution in [0.1, 0.15) is 33.9 Å². The Balaban J connectivity index is 1.82. The molecular weight excluding hydrogens is 293 g/mol. The van der Waals surface area contributed by atoms with Gasteiger partial charge in [0.25, 0.3) is 5.91 Å². The lowest BCUT2D eigenvalue weighted by Gasteiger charge is -2.15. The third-order valence-corrected chi connectivity index (χ3v) is 3.93. The molecule has 1 amide bonds. The summed E-state index contributed by atoms with van der Waals surface area (Å²) < 4.78 is 13.2. The van der Waals surface area contributed by atoms with Gasteiger partial charge in [0, 0.05) is 5.02 Å². The molecule has 1 aliphatic rings. The second kappa shape index (κ2) is 5.37. The number of rotatable bonds is 2. The number of carbonyl (C=O) groups is 1. The van der Waals surface area contributed by atoms with E-state index in [1.165, 1.54) is 6.07 Å². The summed E-state index contributed by atoms with van der Waals surface area (Å²) in [5.74, 6) is -1.28. The molecule has 0 spiro atoms. The summed E-state index contributed by atoms with van der Waals surface area (Å²) in [6.07, 6.45) is 1.59. The minimum absolute atomic E-state index is 0.0580. The lowest BCUT2D eigenvalue weighted by atomic mass is 10.1. The number of carbonyl (C=O) groups excluding carboxylic acids is 1. The van der Waals surface area contributed by atoms with Crippen LogP contribution in [0.4, 0.5) is 4.39 Å². The van der Waals surface area contributed by atoms with E-state index in [4.69, 9.17) is 11.6 Å². The van der Waals surface area contributed by atoms with Gasteiger partial charge in [0.2, 0.25) is 0 Å². The average molecular weight is 306 g/mol. The summed E-state index contributed by atoms with van der Waals surface area (Å²) in [5, 5.41) is 13.2. The van der Waals surface area contributed by atoms with Gasteiger partial charge in [-0.25, -0.2) is 4.39 Å². The zero-order chi connectivity index (χ0) is 15.0. The fraction of sp³-hybridized carbons (Fsp3) is 0.188. The van der Waals surface area contributed by atoms with Crippen molar-refractivity contribution < 1.29 is 14.3 Å². The fourth-order valence-electron chi connectivity index (χ4n) is 2.66. The first-order chi connectivity index (χ1) is 10.0. The zero-order valence-electron chi connectivity index (χ0n) is 11.1. The standard InChI is InChI=1S/C16H13ClFNO2/c17-10-2-4-12-9(7-10)1-5-14(12)19-16(21)13-8-11(18)3-6-15(13)20/h2-4,6-8,14,20H,1,5H2,(H,19,21). The molecule has 1 aliphatic carbocycles. The van der Waals surface area contributed by atoms with Crippen LogP contribution in [0.3, 0.4) is 0 Å². The maximum atomic E-state index is 13.2. The van der Waals surface area contributed by atoms with E-state index in [1.54, 1.807) is 6.07 Å². The summed E-state index contributed by atoms with van der Waals surface area (Å²) in [6.45, 7) is 0. The molecule has 1 atom stereocenters. The van der Waals surface area contributed by atoms with Crippen molar-refractivity contribution in [1.82, 2.24) is 5.32 Å². The molecule has 0 saturated heterocycles. The van der Waals surface area contributed by atoms with Crippen LogP contribution in [0.2, 0.25) is 5.02 Å². The van der Waals surface area contributed by atoms with Crippen molar-refractivity contribution >= 4 is 17.5 Å². The van der Waals surface area contributed by atoms with E-state index in [-0.39, 0.29) is 17.4 Å². The number of aromatic hydroxyl groups is 1. The number of aryl methyl sites for hydroxylation is 1. The number of benzene rings is 2. The molecule has 0 saturated carbocycles. The molecule has 2 aromatic carbocycles. The summed E-state index contributed by atoms with van der Waals surface area (Å²) in [5.41, 5.74) is 2.07. The molecule has 3 rings (SSSR count). The fourth-order valence-corrected chi connectivity index (χ4v) is 2.86. The number of hydrogen-bond acceptors (Lipinski definition) is 2. The van der Waals surface area contributed by atoms with Crippen LogP contribution in [0.15, 0.2) is 36.4 Å². The quantitative estimate of drug-likeness (QED) is 0.890. The van der Waals surface area contributed by atoms with E-state index in [1.807, 2.05) is 12.1 Å². The topological polar surface area (TPSA) is 49.3 Å². The minimum atomic E-state index is -0.559. The molecule has 21 heavy (non-hydrogen) atoms. The molecule has 1 unspecified atom stereocenters. The maximum absolute atomic E-state index is 13.2. The highest BCUT2D eigenvalue weighted by atomic mass is 35.5. The Morgan fingerprint density at radius 2 is 2.10 bits per heavy atom. The van der Waals surface area contributed by atoms with Crippen LogP contribution < -0.4 is 5.32 Å². The highest BCUT2D eigenvalue weighted by molar-refractivity contribution is 6.30. The number of halogens is 2. The third-order valence-electron chi connectivity index (χ3n) is 3.69. The third kappa shape index (κ3) is 2.72. The molecule has 0 bridgehead atoms. The van der Waals surface area contributed by atoms with Crippen molar-refractivity contribution in [2.45, 2.75) is 18.9 Å². The SMILES string of the molecule is O=C(NC1CCc2cc(Cl)ccc21)c1cc(F)ccc1O. The van der Waals surface area contributed by atoms with Crippen LogP contribution in [0, 0.1) is 5.82 Å². The highest BCUT2D eigenvalue weighted by Gasteiger charge is 2.25. The number of fused-ring (bicyclic) bond motifs is 1.